The molecule has 1 aromatic carbocycles. The number of carbonyl (C=O) groups is 1. The van der Waals surface area contributed by atoms with Gasteiger partial charge in [-0.3, -0.25) is 0 Å². The van der Waals surface area contributed by atoms with Crippen LogP contribution >= 0.6 is 0 Å². The van der Waals surface area contributed by atoms with Crippen molar-refractivity contribution >= 4 is 16.0 Å². The van der Waals surface area contributed by atoms with Gasteiger partial charge in [-0.25, -0.2) is 17.9 Å². The van der Waals surface area contributed by atoms with Crippen LogP contribution in [0.4, 0.5) is 0 Å². The number of rotatable bonds is 6. The van der Waals surface area contributed by atoms with E-state index in [1.54, 1.807) is 0 Å². The molecule has 2 rings (SSSR count). The Balaban J connectivity index is 2.09. The summed E-state index contributed by atoms with van der Waals surface area (Å²) in [5.74, 6) is -0.627. The first-order chi connectivity index (χ1) is 9.27. The highest BCUT2D eigenvalue weighted by Crippen LogP contribution is 2.51. The van der Waals surface area contributed by atoms with Gasteiger partial charge in [0.05, 0.1) is 10.5 Å². The van der Waals surface area contributed by atoms with Gasteiger partial charge in [-0.05, 0) is 48.4 Å². The Morgan fingerprint density at radius 1 is 1.30 bits per heavy atom. The Kier molecular flexibility index (Phi) is 3.88. The number of carboxylic acid groups (broad SMARTS) is 1. The van der Waals surface area contributed by atoms with E-state index < -0.39 is 16.0 Å². The van der Waals surface area contributed by atoms with Gasteiger partial charge in [0.1, 0.15) is 0 Å². The van der Waals surface area contributed by atoms with E-state index in [4.69, 9.17) is 5.11 Å². The molecule has 1 aromatic rings. The topological polar surface area (TPSA) is 83.5 Å². The number of benzene rings is 1. The molecule has 0 saturated heterocycles. The third-order valence-electron chi connectivity index (χ3n) is 4.14. The first-order valence-electron chi connectivity index (χ1n) is 6.60. The van der Waals surface area contributed by atoms with Crippen molar-refractivity contribution in [3.63, 3.8) is 0 Å². The summed E-state index contributed by atoms with van der Waals surface area (Å²) >= 11 is 0. The van der Waals surface area contributed by atoms with E-state index in [0.717, 1.165) is 12.8 Å². The van der Waals surface area contributed by atoms with Gasteiger partial charge in [0.25, 0.3) is 0 Å². The molecule has 0 unspecified atom stereocenters. The van der Waals surface area contributed by atoms with Crippen LogP contribution in [0.5, 0.6) is 0 Å². The first kappa shape index (κ1) is 15.0. The Morgan fingerprint density at radius 2 is 1.85 bits per heavy atom. The summed E-state index contributed by atoms with van der Waals surface area (Å²) in [4.78, 5) is 10.8. The van der Waals surface area contributed by atoms with Crippen LogP contribution < -0.4 is 4.72 Å². The average Bonchev–Trinajstić information content (AvgIpc) is 3.18. The monoisotopic (exact) mass is 297 g/mol. The van der Waals surface area contributed by atoms with Crippen LogP contribution in [-0.4, -0.2) is 26.0 Å². The van der Waals surface area contributed by atoms with E-state index >= 15 is 0 Å². The van der Waals surface area contributed by atoms with E-state index in [1.165, 1.54) is 24.3 Å². The summed E-state index contributed by atoms with van der Waals surface area (Å²) in [7, 11) is -3.57. The van der Waals surface area contributed by atoms with Gasteiger partial charge in [-0.15, -0.1) is 0 Å². The van der Waals surface area contributed by atoms with Crippen LogP contribution in [0.2, 0.25) is 0 Å². The molecule has 5 nitrogen and oxygen atoms in total. The second-order valence-corrected chi connectivity index (χ2v) is 7.44. The zero-order valence-corrected chi connectivity index (χ0v) is 12.4. The summed E-state index contributed by atoms with van der Waals surface area (Å²) in [6.07, 6.45) is 2.09. The molecule has 1 saturated carbocycles. The summed E-state index contributed by atoms with van der Waals surface area (Å²) in [5, 5.41) is 8.79. The van der Waals surface area contributed by atoms with Gasteiger partial charge in [-0.1, -0.05) is 13.8 Å². The normalized spacial score (nSPS) is 17.1. The number of sulfonamides is 1. The molecule has 0 aliphatic heterocycles. The van der Waals surface area contributed by atoms with Crippen LogP contribution in [0, 0.1) is 11.3 Å². The van der Waals surface area contributed by atoms with Crippen LogP contribution in [-0.2, 0) is 10.0 Å². The lowest BCUT2D eigenvalue weighted by Crippen LogP contribution is -2.32. The fourth-order valence-electron chi connectivity index (χ4n) is 2.22. The first-order valence-corrected chi connectivity index (χ1v) is 8.08. The molecule has 0 aromatic heterocycles. The van der Waals surface area contributed by atoms with Gasteiger partial charge in [0, 0.05) is 6.54 Å². The predicted molar refractivity (Wildman–Crippen MR) is 75.1 cm³/mol. The summed E-state index contributed by atoms with van der Waals surface area (Å²) in [6.45, 7) is 4.64. The zero-order valence-electron chi connectivity index (χ0n) is 11.6. The van der Waals surface area contributed by atoms with E-state index in [2.05, 4.69) is 18.6 Å². The lowest BCUT2D eigenvalue weighted by molar-refractivity contribution is 0.0696. The van der Waals surface area contributed by atoms with Crippen molar-refractivity contribution in [2.45, 2.75) is 31.6 Å². The lowest BCUT2D eigenvalue weighted by Gasteiger charge is -2.20. The smallest absolute Gasteiger partial charge is 0.335 e. The second-order valence-electron chi connectivity index (χ2n) is 5.67. The quantitative estimate of drug-likeness (QED) is 0.842. The molecule has 1 aliphatic carbocycles. The third kappa shape index (κ3) is 3.02. The molecule has 0 radical (unpaired) electrons. The molecule has 1 fully saturated rings. The number of nitrogens with one attached hydrogen (secondary N) is 1. The molecule has 0 atom stereocenters. The molecule has 1 aliphatic rings. The van der Waals surface area contributed by atoms with Crippen molar-refractivity contribution in [3.05, 3.63) is 29.8 Å². The summed E-state index contributed by atoms with van der Waals surface area (Å²) in [5.41, 5.74) is 0.165. The molecule has 20 heavy (non-hydrogen) atoms. The largest absolute Gasteiger partial charge is 0.478 e. The van der Waals surface area contributed by atoms with Crippen molar-refractivity contribution in [2.75, 3.05) is 6.54 Å². The fourth-order valence-corrected chi connectivity index (χ4v) is 3.36. The Bertz CT molecular complexity index is 601. The van der Waals surface area contributed by atoms with Crippen molar-refractivity contribution in [1.82, 2.24) is 4.72 Å². The van der Waals surface area contributed by atoms with Gasteiger partial charge < -0.3 is 5.11 Å². The molecule has 0 bridgehead atoms. The molecular weight excluding hydrogens is 278 g/mol. The van der Waals surface area contributed by atoms with Gasteiger partial charge in [-0.2, -0.15) is 0 Å². The zero-order chi connectivity index (χ0) is 15.0. The number of hydrogen-bond donors (Lipinski definition) is 2. The Morgan fingerprint density at radius 3 is 2.25 bits per heavy atom. The van der Waals surface area contributed by atoms with Crippen molar-refractivity contribution in [1.29, 1.82) is 0 Å². The molecule has 2 N–H and O–H groups in total. The minimum Gasteiger partial charge on any atom is -0.478 e. The average molecular weight is 297 g/mol. The minimum absolute atomic E-state index is 0.0739. The standard InChI is InChI=1S/C14H19NO4S/c1-10(2)14(7-8-14)9-15-20(18,19)12-5-3-11(4-6-12)13(16)17/h3-6,10,15H,7-9H2,1-2H3,(H,16,17). The maximum atomic E-state index is 12.2. The highest BCUT2D eigenvalue weighted by atomic mass is 32.2. The lowest BCUT2D eigenvalue weighted by atomic mass is 9.93. The fraction of sp³-hybridized carbons (Fsp3) is 0.500. The van der Waals surface area contributed by atoms with Crippen LogP contribution in [0.15, 0.2) is 29.2 Å². The molecular formula is C14H19NO4S. The molecule has 0 heterocycles. The van der Waals surface area contributed by atoms with Gasteiger partial charge in [0.15, 0.2) is 0 Å². The molecule has 0 spiro atoms. The van der Waals surface area contributed by atoms with Crippen molar-refractivity contribution in [3.8, 4) is 0 Å². The SMILES string of the molecule is CC(C)C1(CNS(=O)(=O)c2ccc(C(=O)O)cc2)CC1. The minimum atomic E-state index is -3.57. The highest BCUT2D eigenvalue weighted by Gasteiger charge is 2.45. The van der Waals surface area contributed by atoms with Crippen molar-refractivity contribution < 1.29 is 18.3 Å². The summed E-state index contributed by atoms with van der Waals surface area (Å²) in [6, 6.07) is 5.24. The maximum absolute atomic E-state index is 12.2. The van der Waals surface area contributed by atoms with Crippen molar-refractivity contribution in [2.24, 2.45) is 11.3 Å². The van der Waals surface area contributed by atoms with E-state index in [1.807, 2.05) is 0 Å². The van der Waals surface area contributed by atoms with E-state index in [0.29, 0.717) is 12.5 Å². The van der Waals surface area contributed by atoms with Crippen LogP contribution in [0.25, 0.3) is 0 Å². The number of aromatic carboxylic acids is 1. The van der Waals surface area contributed by atoms with Crippen LogP contribution in [0.3, 0.4) is 0 Å². The second kappa shape index (κ2) is 5.18. The molecule has 110 valence electrons. The molecule has 0 amide bonds. The number of hydrogen-bond acceptors (Lipinski definition) is 3. The van der Waals surface area contributed by atoms with E-state index in [9.17, 15) is 13.2 Å². The van der Waals surface area contributed by atoms with Gasteiger partial charge >= 0.3 is 5.97 Å². The maximum Gasteiger partial charge on any atom is 0.335 e. The third-order valence-corrected chi connectivity index (χ3v) is 5.56. The highest BCUT2D eigenvalue weighted by molar-refractivity contribution is 7.89. The van der Waals surface area contributed by atoms with E-state index in [-0.39, 0.29) is 15.9 Å². The summed E-state index contributed by atoms with van der Waals surface area (Å²) < 4.78 is 26.9. The number of carboxylic acids is 1. The predicted octanol–water partition coefficient (Wildman–Crippen LogP) is 2.10. The Labute approximate surface area is 119 Å². The van der Waals surface area contributed by atoms with Crippen LogP contribution in [0.1, 0.15) is 37.0 Å². The Hall–Kier alpha value is -1.40. The molecule has 6 heteroatoms. The van der Waals surface area contributed by atoms with Gasteiger partial charge in [0.2, 0.25) is 10.0 Å².